The Balaban J connectivity index is 1.90. The third-order valence-electron chi connectivity index (χ3n) is 4.22. The van der Waals surface area contributed by atoms with Crippen LogP contribution in [0.2, 0.25) is 0 Å². The first-order valence-electron chi connectivity index (χ1n) is 7.89. The number of rotatable bonds is 9. The Kier molecular flexibility index (Phi) is 5.46. The SMILES string of the molecule is CCNC(c1ccn(CCN(CC)CC)c1)C1CC1. The van der Waals surface area contributed by atoms with E-state index in [4.69, 9.17) is 0 Å². The molecule has 3 heteroatoms. The molecule has 1 aliphatic rings. The van der Waals surface area contributed by atoms with Crippen LogP contribution in [-0.4, -0.2) is 35.6 Å². The van der Waals surface area contributed by atoms with Gasteiger partial charge in [0.15, 0.2) is 0 Å². The van der Waals surface area contributed by atoms with Crippen LogP contribution in [0.1, 0.15) is 45.2 Å². The highest BCUT2D eigenvalue weighted by Crippen LogP contribution is 2.40. The van der Waals surface area contributed by atoms with Gasteiger partial charge in [0.05, 0.1) is 0 Å². The van der Waals surface area contributed by atoms with Gasteiger partial charge in [-0.1, -0.05) is 20.8 Å². The minimum absolute atomic E-state index is 0.583. The van der Waals surface area contributed by atoms with Gasteiger partial charge in [-0.25, -0.2) is 0 Å². The van der Waals surface area contributed by atoms with E-state index in [-0.39, 0.29) is 0 Å². The Hall–Kier alpha value is -0.800. The summed E-state index contributed by atoms with van der Waals surface area (Å²) >= 11 is 0. The van der Waals surface area contributed by atoms with E-state index >= 15 is 0 Å². The third-order valence-corrected chi connectivity index (χ3v) is 4.22. The molecule has 0 aromatic carbocycles. The van der Waals surface area contributed by atoms with Crippen molar-refractivity contribution in [3.63, 3.8) is 0 Å². The summed E-state index contributed by atoms with van der Waals surface area (Å²) in [6, 6.07) is 2.88. The number of hydrogen-bond acceptors (Lipinski definition) is 2. The summed E-state index contributed by atoms with van der Waals surface area (Å²) in [5.74, 6) is 0.874. The van der Waals surface area contributed by atoms with E-state index in [1.807, 2.05) is 0 Å². The zero-order chi connectivity index (χ0) is 13.7. The monoisotopic (exact) mass is 263 g/mol. The van der Waals surface area contributed by atoms with Crippen molar-refractivity contribution in [3.05, 3.63) is 24.0 Å². The average molecular weight is 263 g/mol. The second-order valence-corrected chi connectivity index (χ2v) is 5.58. The highest BCUT2D eigenvalue weighted by molar-refractivity contribution is 5.18. The summed E-state index contributed by atoms with van der Waals surface area (Å²) in [5, 5.41) is 3.64. The van der Waals surface area contributed by atoms with E-state index in [0.717, 1.165) is 38.6 Å². The molecule has 2 rings (SSSR count). The maximum Gasteiger partial charge on any atom is 0.0363 e. The van der Waals surface area contributed by atoms with Crippen molar-refractivity contribution >= 4 is 0 Å². The van der Waals surface area contributed by atoms with Gasteiger partial charge in [-0.2, -0.15) is 0 Å². The molecular formula is C16H29N3. The fourth-order valence-electron chi connectivity index (χ4n) is 2.79. The smallest absolute Gasteiger partial charge is 0.0363 e. The predicted molar refractivity (Wildman–Crippen MR) is 81.4 cm³/mol. The van der Waals surface area contributed by atoms with Crippen molar-refractivity contribution in [2.45, 2.75) is 46.2 Å². The number of hydrogen-bond donors (Lipinski definition) is 1. The number of nitrogens with one attached hydrogen (secondary N) is 1. The van der Waals surface area contributed by atoms with Crippen LogP contribution in [0.3, 0.4) is 0 Å². The second kappa shape index (κ2) is 7.11. The molecule has 1 aliphatic carbocycles. The number of likely N-dealkylation sites (N-methyl/N-ethyl adjacent to an activating group) is 1. The normalized spacial score (nSPS) is 17.1. The molecule has 3 nitrogen and oxygen atoms in total. The minimum atomic E-state index is 0.583. The highest BCUT2D eigenvalue weighted by Gasteiger charge is 2.31. The van der Waals surface area contributed by atoms with Crippen LogP contribution >= 0.6 is 0 Å². The lowest BCUT2D eigenvalue weighted by Gasteiger charge is -2.18. The van der Waals surface area contributed by atoms with Crippen molar-refractivity contribution < 1.29 is 0 Å². The first-order chi connectivity index (χ1) is 9.28. The lowest BCUT2D eigenvalue weighted by atomic mass is 10.1. The Morgan fingerprint density at radius 3 is 2.63 bits per heavy atom. The zero-order valence-electron chi connectivity index (χ0n) is 12.7. The summed E-state index contributed by atoms with van der Waals surface area (Å²) in [4.78, 5) is 2.47. The standard InChI is InChI=1S/C16H29N3/c1-4-17-16(14-7-8-14)15-9-10-19(13-15)12-11-18(5-2)6-3/h9-10,13-14,16-17H,4-8,11-12H2,1-3H3. The van der Waals surface area contributed by atoms with Gasteiger partial charge < -0.3 is 14.8 Å². The molecule has 0 bridgehead atoms. The van der Waals surface area contributed by atoms with Crippen LogP contribution in [0.5, 0.6) is 0 Å². The molecule has 0 saturated heterocycles. The van der Waals surface area contributed by atoms with Gasteiger partial charge in [0, 0.05) is 31.5 Å². The Morgan fingerprint density at radius 1 is 1.32 bits per heavy atom. The van der Waals surface area contributed by atoms with Gasteiger partial charge in [-0.15, -0.1) is 0 Å². The number of aromatic nitrogens is 1. The van der Waals surface area contributed by atoms with E-state index in [1.165, 1.54) is 18.4 Å². The van der Waals surface area contributed by atoms with Crippen molar-refractivity contribution in [3.8, 4) is 0 Å². The van der Waals surface area contributed by atoms with E-state index in [2.05, 4.69) is 54.0 Å². The molecule has 0 radical (unpaired) electrons. The fraction of sp³-hybridized carbons (Fsp3) is 0.750. The summed E-state index contributed by atoms with van der Waals surface area (Å²) < 4.78 is 2.35. The Bertz CT molecular complexity index is 364. The van der Waals surface area contributed by atoms with Crippen molar-refractivity contribution in [2.24, 2.45) is 5.92 Å². The molecule has 108 valence electrons. The first-order valence-corrected chi connectivity index (χ1v) is 7.89. The van der Waals surface area contributed by atoms with Crippen LogP contribution in [0.15, 0.2) is 18.5 Å². The van der Waals surface area contributed by atoms with Crippen molar-refractivity contribution in [2.75, 3.05) is 26.2 Å². The van der Waals surface area contributed by atoms with Crippen LogP contribution in [-0.2, 0) is 6.54 Å². The van der Waals surface area contributed by atoms with E-state index in [0.29, 0.717) is 6.04 Å². The van der Waals surface area contributed by atoms with Gasteiger partial charge in [-0.05, 0) is 50.0 Å². The molecule has 1 fully saturated rings. The van der Waals surface area contributed by atoms with Crippen molar-refractivity contribution in [1.82, 2.24) is 14.8 Å². The zero-order valence-corrected chi connectivity index (χ0v) is 12.7. The Morgan fingerprint density at radius 2 is 2.05 bits per heavy atom. The average Bonchev–Trinajstić information content (AvgIpc) is 3.16. The second-order valence-electron chi connectivity index (χ2n) is 5.58. The fourth-order valence-corrected chi connectivity index (χ4v) is 2.79. The third kappa shape index (κ3) is 4.08. The maximum absolute atomic E-state index is 3.64. The molecule has 1 atom stereocenters. The van der Waals surface area contributed by atoms with E-state index < -0.39 is 0 Å². The number of nitrogens with zero attached hydrogens (tertiary/aromatic N) is 2. The van der Waals surface area contributed by atoms with E-state index in [9.17, 15) is 0 Å². The molecule has 1 saturated carbocycles. The predicted octanol–water partition coefficient (Wildman–Crippen LogP) is 2.89. The highest BCUT2D eigenvalue weighted by atomic mass is 15.1. The maximum atomic E-state index is 3.64. The molecule has 19 heavy (non-hydrogen) atoms. The molecule has 1 aromatic heterocycles. The summed E-state index contributed by atoms with van der Waals surface area (Å²) in [5.41, 5.74) is 1.48. The van der Waals surface area contributed by atoms with Gasteiger partial charge in [0.25, 0.3) is 0 Å². The molecule has 1 heterocycles. The van der Waals surface area contributed by atoms with Gasteiger partial charge in [-0.3, -0.25) is 0 Å². The topological polar surface area (TPSA) is 20.2 Å². The Labute approximate surface area is 118 Å². The summed E-state index contributed by atoms with van der Waals surface area (Å²) in [7, 11) is 0. The van der Waals surface area contributed by atoms with Crippen LogP contribution in [0.25, 0.3) is 0 Å². The molecule has 0 aliphatic heterocycles. The van der Waals surface area contributed by atoms with Gasteiger partial charge in [0.2, 0.25) is 0 Å². The van der Waals surface area contributed by atoms with Gasteiger partial charge >= 0.3 is 0 Å². The quantitative estimate of drug-likeness (QED) is 0.739. The summed E-state index contributed by atoms with van der Waals surface area (Å²) in [6.45, 7) is 12.3. The molecule has 0 spiro atoms. The molecular weight excluding hydrogens is 234 g/mol. The van der Waals surface area contributed by atoms with Gasteiger partial charge in [0.1, 0.15) is 0 Å². The molecule has 1 N–H and O–H groups in total. The lowest BCUT2D eigenvalue weighted by molar-refractivity contribution is 0.290. The largest absolute Gasteiger partial charge is 0.353 e. The van der Waals surface area contributed by atoms with Crippen molar-refractivity contribution in [1.29, 1.82) is 0 Å². The molecule has 0 amide bonds. The van der Waals surface area contributed by atoms with Crippen LogP contribution in [0, 0.1) is 5.92 Å². The minimum Gasteiger partial charge on any atom is -0.353 e. The molecule has 1 aromatic rings. The van der Waals surface area contributed by atoms with E-state index in [1.54, 1.807) is 0 Å². The molecule has 1 unspecified atom stereocenters. The first kappa shape index (κ1) is 14.6. The summed E-state index contributed by atoms with van der Waals surface area (Å²) in [6.07, 6.45) is 7.37. The lowest BCUT2D eigenvalue weighted by Crippen LogP contribution is -2.26. The van der Waals surface area contributed by atoms with Crippen LogP contribution in [0.4, 0.5) is 0 Å². The van der Waals surface area contributed by atoms with Crippen LogP contribution < -0.4 is 5.32 Å².